The van der Waals surface area contributed by atoms with Crippen molar-refractivity contribution in [3.8, 4) is 0 Å². The summed E-state index contributed by atoms with van der Waals surface area (Å²) < 4.78 is 27.1. The van der Waals surface area contributed by atoms with E-state index in [0.29, 0.717) is 24.9 Å². The second-order valence-electron chi connectivity index (χ2n) is 8.28. The van der Waals surface area contributed by atoms with E-state index in [2.05, 4.69) is 10.0 Å². The number of nitrogens with zero attached hydrogens (tertiary/aromatic N) is 1. The maximum atomic E-state index is 13.4. The number of carbonyl (C=O) groups is 2. The van der Waals surface area contributed by atoms with Gasteiger partial charge in [-0.2, -0.15) is 0 Å². The highest BCUT2D eigenvalue weighted by Gasteiger charge is 2.38. The molecule has 11 heteroatoms. The number of nitrogen functional groups attached to an aromatic ring is 1. The van der Waals surface area contributed by atoms with Crippen molar-refractivity contribution in [1.82, 2.24) is 14.9 Å². The van der Waals surface area contributed by atoms with E-state index in [1.807, 2.05) is 30.3 Å². The van der Waals surface area contributed by atoms with Crippen LogP contribution in [0.25, 0.3) is 0 Å². The van der Waals surface area contributed by atoms with Gasteiger partial charge >= 0.3 is 0 Å². The van der Waals surface area contributed by atoms with Crippen LogP contribution in [0.4, 0.5) is 0 Å². The smallest absolute Gasteiger partial charge is 0.243 e. The molecular formula is C24H32ClN5O4S. The predicted molar refractivity (Wildman–Crippen MR) is 138 cm³/mol. The quantitative estimate of drug-likeness (QED) is 0.277. The van der Waals surface area contributed by atoms with Crippen molar-refractivity contribution < 1.29 is 18.0 Å². The Hall–Kier alpha value is -2.95. The third-order valence-corrected chi connectivity index (χ3v) is 7.26. The van der Waals surface area contributed by atoms with Crippen LogP contribution >= 0.6 is 12.4 Å². The van der Waals surface area contributed by atoms with Gasteiger partial charge in [0.1, 0.15) is 17.9 Å². The van der Waals surface area contributed by atoms with E-state index >= 15 is 0 Å². The van der Waals surface area contributed by atoms with E-state index in [0.717, 1.165) is 11.1 Å². The van der Waals surface area contributed by atoms with Crippen LogP contribution in [0.2, 0.25) is 0 Å². The van der Waals surface area contributed by atoms with E-state index < -0.39 is 28.0 Å². The summed E-state index contributed by atoms with van der Waals surface area (Å²) in [5, 5.41) is 10.3. The standard InChI is InChI=1S/C24H31N5O4S.ClH/c1-2-34(32,33)28-20(15-17-7-4-3-5-8-17)24(31)29-14-6-9-21(29)23(30)27-16-18-10-12-19(13-11-18)22(25)26;/h3-5,7-8,10-13,20-21,28H,2,6,9,14-16H2,1H3,(H3,25,26)(H,27,30);1H/t20-,21+;/m1./s1. The van der Waals surface area contributed by atoms with Crippen LogP contribution in [0, 0.1) is 5.41 Å². The summed E-state index contributed by atoms with van der Waals surface area (Å²) in [4.78, 5) is 27.8. The van der Waals surface area contributed by atoms with E-state index in [-0.39, 0.29) is 42.9 Å². The lowest BCUT2D eigenvalue weighted by Gasteiger charge is -2.28. The minimum atomic E-state index is -3.63. The first kappa shape index (κ1) is 28.3. The Bertz CT molecular complexity index is 1130. The van der Waals surface area contributed by atoms with Gasteiger partial charge in [-0.3, -0.25) is 15.0 Å². The number of rotatable bonds is 10. The molecular weight excluding hydrogens is 490 g/mol. The molecule has 1 saturated heterocycles. The summed E-state index contributed by atoms with van der Waals surface area (Å²) in [5.74, 6) is -0.847. The lowest BCUT2D eigenvalue weighted by Crippen LogP contribution is -2.54. The molecule has 0 unspecified atom stereocenters. The average molecular weight is 522 g/mol. The lowest BCUT2D eigenvalue weighted by atomic mass is 10.0. The zero-order valence-corrected chi connectivity index (χ0v) is 21.2. The second kappa shape index (κ2) is 12.7. The van der Waals surface area contributed by atoms with Gasteiger partial charge in [-0.15, -0.1) is 12.4 Å². The summed E-state index contributed by atoms with van der Waals surface area (Å²) in [6.45, 7) is 2.18. The number of amidine groups is 1. The Balaban J connectivity index is 0.00000432. The molecule has 0 saturated carbocycles. The molecule has 190 valence electrons. The van der Waals surface area contributed by atoms with Crippen molar-refractivity contribution in [3.63, 3.8) is 0 Å². The van der Waals surface area contributed by atoms with Gasteiger partial charge in [0.2, 0.25) is 21.8 Å². The minimum absolute atomic E-state index is 0. The SMILES string of the molecule is CCS(=O)(=O)N[C@H](Cc1ccccc1)C(=O)N1CCC[C@H]1C(=O)NCc1ccc(C(=N)N)cc1.Cl. The van der Waals surface area contributed by atoms with Gasteiger partial charge in [0, 0.05) is 18.7 Å². The van der Waals surface area contributed by atoms with Gasteiger partial charge in [0.25, 0.3) is 0 Å². The number of halogens is 1. The van der Waals surface area contributed by atoms with Crippen molar-refractivity contribution in [1.29, 1.82) is 5.41 Å². The molecule has 2 atom stereocenters. The molecule has 1 heterocycles. The molecule has 1 aliphatic heterocycles. The van der Waals surface area contributed by atoms with Gasteiger partial charge in [-0.05, 0) is 37.3 Å². The molecule has 2 aromatic rings. The van der Waals surface area contributed by atoms with Crippen LogP contribution in [0.3, 0.4) is 0 Å². The number of benzene rings is 2. The topological polar surface area (TPSA) is 145 Å². The Labute approximate surface area is 212 Å². The molecule has 35 heavy (non-hydrogen) atoms. The van der Waals surface area contributed by atoms with Gasteiger partial charge in [-0.1, -0.05) is 54.6 Å². The normalized spacial score (nSPS) is 16.3. The van der Waals surface area contributed by atoms with Crippen LogP contribution in [0.5, 0.6) is 0 Å². The van der Waals surface area contributed by atoms with Crippen LogP contribution in [0.15, 0.2) is 54.6 Å². The number of nitrogens with one attached hydrogen (secondary N) is 3. The predicted octanol–water partition coefficient (Wildman–Crippen LogP) is 1.55. The number of amides is 2. The van der Waals surface area contributed by atoms with Crippen LogP contribution in [0.1, 0.15) is 36.5 Å². The second-order valence-corrected chi connectivity index (χ2v) is 10.3. The van der Waals surface area contributed by atoms with E-state index in [4.69, 9.17) is 11.1 Å². The monoisotopic (exact) mass is 521 g/mol. The first-order chi connectivity index (χ1) is 16.2. The molecule has 2 aromatic carbocycles. The van der Waals surface area contributed by atoms with Gasteiger partial charge in [-0.25, -0.2) is 13.1 Å². The first-order valence-electron chi connectivity index (χ1n) is 11.3. The minimum Gasteiger partial charge on any atom is -0.384 e. The van der Waals surface area contributed by atoms with E-state index in [9.17, 15) is 18.0 Å². The molecule has 9 nitrogen and oxygen atoms in total. The average Bonchev–Trinajstić information content (AvgIpc) is 3.32. The third-order valence-electron chi connectivity index (χ3n) is 5.85. The molecule has 3 rings (SSSR count). The highest BCUT2D eigenvalue weighted by Crippen LogP contribution is 2.20. The fourth-order valence-electron chi connectivity index (χ4n) is 3.94. The Morgan fingerprint density at radius 1 is 1.11 bits per heavy atom. The molecule has 2 amide bonds. The molecule has 1 aliphatic rings. The molecule has 0 radical (unpaired) electrons. The summed E-state index contributed by atoms with van der Waals surface area (Å²) in [7, 11) is -3.63. The number of sulfonamides is 1. The number of hydrogen-bond donors (Lipinski definition) is 4. The Morgan fingerprint density at radius 3 is 2.37 bits per heavy atom. The van der Waals surface area contributed by atoms with E-state index in [1.54, 1.807) is 24.3 Å². The fourth-order valence-corrected chi connectivity index (χ4v) is 4.73. The zero-order chi connectivity index (χ0) is 24.7. The van der Waals surface area contributed by atoms with Crippen molar-refractivity contribution in [2.75, 3.05) is 12.3 Å². The number of carbonyl (C=O) groups excluding carboxylic acids is 2. The number of nitrogens with two attached hydrogens (primary N) is 1. The molecule has 5 N–H and O–H groups in total. The molecule has 0 spiro atoms. The fraction of sp³-hybridized carbons (Fsp3) is 0.375. The Kier molecular flexibility index (Phi) is 10.2. The molecule has 0 bridgehead atoms. The van der Waals surface area contributed by atoms with Crippen LogP contribution < -0.4 is 15.8 Å². The first-order valence-corrected chi connectivity index (χ1v) is 12.9. The van der Waals surface area contributed by atoms with Gasteiger partial charge in [0.15, 0.2) is 0 Å². The number of likely N-dealkylation sites (tertiary alicyclic amines) is 1. The Morgan fingerprint density at radius 2 is 1.77 bits per heavy atom. The van der Waals surface area contributed by atoms with Gasteiger partial charge in [0.05, 0.1) is 5.75 Å². The van der Waals surface area contributed by atoms with Crippen LogP contribution in [-0.2, 0) is 32.6 Å². The molecule has 1 fully saturated rings. The van der Waals surface area contributed by atoms with Crippen LogP contribution in [-0.4, -0.2) is 55.3 Å². The summed E-state index contributed by atoms with van der Waals surface area (Å²) >= 11 is 0. The van der Waals surface area contributed by atoms with E-state index in [1.165, 1.54) is 11.8 Å². The maximum Gasteiger partial charge on any atom is 0.243 e. The molecule has 0 aromatic heterocycles. The third kappa shape index (κ3) is 7.78. The van der Waals surface area contributed by atoms with Crippen molar-refractivity contribution >= 4 is 40.1 Å². The van der Waals surface area contributed by atoms with Crippen molar-refractivity contribution in [2.24, 2.45) is 5.73 Å². The summed E-state index contributed by atoms with van der Waals surface area (Å²) in [6, 6.07) is 14.5. The number of hydrogen-bond acceptors (Lipinski definition) is 5. The van der Waals surface area contributed by atoms with Crippen molar-refractivity contribution in [3.05, 3.63) is 71.3 Å². The van der Waals surface area contributed by atoms with Gasteiger partial charge < -0.3 is 16.0 Å². The largest absolute Gasteiger partial charge is 0.384 e. The molecule has 0 aliphatic carbocycles. The maximum absolute atomic E-state index is 13.4. The van der Waals surface area contributed by atoms with Crippen molar-refractivity contribution in [2.45, 2.75) is 44.8 Å². The summed E-state index contributed by atoms with van der Waals surface area (Å²) in [5.41, 5.74) is 7.73. The highest BCUT2D eigenvalue weighted by atomic mass is 35.5. The highest BCUT2D eigenvalue weighted by molar-refractivity contribution is 7.89. The lowest BCUT2D eigenvalue weighted by molar-refractivity contribution is -0.139. The summed E-state index contributed by atoms with van der Waals surface area (Å²) in [6.07, 6.45) is 1.38. The zero-order valence-electron chi connectivity index (χ0n) is 19.6.